The summed E-state index contributed by atoms with van der Waals surface area (Å²) in [6.45, 7) is 3.94. The van der Waals surface area contributed by atoms with Gasteiger partial charge in [0, 0.05) is 56.5 Å². The largest absolute Gasteiger partial charge is 0.388 e. The molecule has 1 N–H and O–H groups in total. The van der Waals surface area contributed by atoms with Gasteiger partial charge in [0.1, 0.15) is 0 Å². The molecule has 0 aliphatic carbocycles. The van der Waals surface area contributed by atoms with Gasteiger partial charge in [-0.05, 0) is 50.2 Å². The average Bonchev–Trinajstić information content (AvgIpc) is 3.18. The molecule has 2 fully saturated rings. The van der Waals surface area contributed by atoms with E-state index >= 15 is 0 Å². The van der Waals surface area contributed by atoms with Crippen molar-refractivity contribution in [2.75, 3.05) is 32.8 Å². The minimum Gasteiger partial charge on any atom is -0.388 e. The van der Waals surface area contributed by atoms with Crippen LogP contribution in [0.4, 0.5) is 0 Å². The van der Waals surface area contributed by atoms with E-state index in [1.807, 2.05) is 35.0 Å². The summed E-state index contributed by atoms with van der Waals surface area (Å²) in [4.78, 5) is 6.56. The zero-order valence-corrected chi connectivity index (χ0v) is 16.4. The standard InChI is InChI=1S/C21H26N6O2/c28-21(7-12-29-13-8-21)15-26-10-5-16(6-11-26)20-24-23-19-4-3-18(25-27(19)20)17-2-1-9-22-14-17/h1-4,9,14,16,28H,5-8,10-13,15H2. The van der Waals surface area contributed by atoms with Gasteiger partial charge in [-0.3, -0.25) is 4.98 Å². The molecule has 3 aromatic rings. The van der Waals surface area contributed by atoms with Gasteiger partial charge in [-0.15, -0.1) is 10.2 Å². The first-order valence-corrected chi connectivity index (χ1v) is 10.4. The molecule has 8 nitrogen and oxygen atoms in total. The van der Waals surface area contributed by atoms with Crippen LogP contribution in [0.5, 0.6) is 0 Å². The molecule has 0 atom stereocenters. The van der Waals surface area contributed by atoms with Crippen molar-refractivity contribution in [3.63, 3.8) is 0 Å². The van der Waals surface area contributed by atoms with Crippen LogP contribution in [-0.2, 0) is 4.74 Å². The molecule has 0 spiro atoms. The van der Waals surface area contributed by atoms with Crippen molar-refractivity contribution in [1.82, 2.24) is 29.7 Å². The molecule has 5 heterocycles. The Morgan fingerprint density at radius 3 is 2.69 bits per heavy atom. The summed E-state index contributed by atoms with van der Waals surface area (Å²) in [5.41, 5.74) is 2.01. The second-order valence-corrected chi connectivity index (χ2v) is 8.18. The van der Waals surface area contributed by atoms with Crippen molar-refractivity contribution in [3.8, 4) is 11.3 Å². The molecular weight excluding hydrogens is 368 g/mol. The summed E-state index contributed by atoms with van der Waals surface area (Å²) in [6, 6.07) is 7.84. The normalized spacial score (nSPS) is 20.9. The van der Waals surface area contributed by atoms with E-state index in [0.29, 0.717) is 19.1 Å². The Kier molecular flexibility index (Phi) is 4.99. The number of hydrogen-bond acceptors (Lipinski definition) is 7. The van der Waals surface area contributed by atoms with Gasteiger partial charge in [0.15, 0.2) is 11.5 Å². The van der Waals surface area contributed by atoms with Gasteiger partial charge in [0.25, 0.3) is 0 Å². The minimum atomic E-state index is -0.604. The highest BCUT2D eigenvalue weighted by molar-refractivity contribution is 5.58. The summed E-state index contributed by atoms with van der Waals surface area (Å²) in [6.07, 6.45) is 7.01. The van der Waals surface area contributed by atoms with Crippen molar-refractivity contribution >= 4 is 5.65 Å². The third kappa shape index (κ3) is 3.88. The number of pyridine rings is 1. The van der Waals surface area contributed by atoms with Crippen LogP contribution >= 0.6 is 0 Å². The Morgan fingerprint density at radius 2 is 1.93 bits per heavy atom. The van der Waals surface area contributed by atoms with Crippen LogP contribution in [0.1, 0.15) is 37.4 Å². The molecule has 0 bridgehead atoms. The number of aliphatic hydroxyl groups is 1. The van der Waals surface area contributed by atoms with Gasteiger partial charge in [0.2, 0.25) is 0 Å². The fourth-order valence-electron chi connectivity index (χ4n) is 4.40. The number of ether oxygens (including phenoxy) is 1. The predicted molar refractivity (Wildman–Crippen MR) is 107 cm³/mol. The molecule has 0 amide bonds. The maximum Gasteiger partial charge on any atom is 0.177 e. The summed E-state index contributed by atoms with van der Waals surface area (Å²) in [5.74, 6) is 1.25. The van der Waals surface area contributed by atoms with E-state index in [1.165, 1.54) is 0 Å². The van der Waals surface area contributed by atoms with Crippen LogP contribution in [0.25, 0.3) is 16.9 Å². The van der Waals surface area contributed by atoms with Crippen molar-refractivity contribution in [3.05, 3.63) is 42.5 Å². The quantitative estimate of drug-likeness (QED) is 0.723. The van der Waals surface area contributed by atoms with Gasteiger partial charge in [-0.1, -0.05) is 0 Å². The number of piperidine rings is 1. The lowest BCUT2D eigenvalue weighted by molar-refractivity contribution is -0.0821. The summed E-state index contributed by atoms with van der Waals surface area (Å²) >= 11 is 0. The van der Waals surface area contributed by atoms with E-state index in [9.17, 15) is 5.11 Å². The molecule has 5 rings (SSSR count). The first kappa shape index (κ1) is 18.6. The molecular formula is C21H26N6O2. The van der Waals surface area contributed by atoms with Crippen LogP contribution in [0.15, 0.2) is 36.7 Å². The Hall–Kier alpha value is -2.42. The minimum absolute atomic E-state index is 0.322. The first-order valence-electron chi connectivity index (χ1n) is 10.4. The molecule has 29 heavy (non-hydrogen) atoms. The molecule has 0 aromatic carbocycles. The second-order valence-electron chi connectivity index (χ2n) is 8.18. The van der Waals surface area contributed by atoms with E-state index in [1.54, 1.807) is 6.20 Å². The highest BCUT2D eigenvalue weighted by atomic mass is 16.5. The smallest absolute Gasteiger partial charge is 0.177 e. The van der Waals surface area contributed by atoms with Crippen LogP contribution < -0.4 is 0 Å². The van der Waals surface area contributed by atoms with Gasteiger partial charge in [0.05, 0.1) is 11.3 Å². The molecule has 0 radical (unpaired) electrons. The zero-order chi connectivity index (χ0) is 19.7. The van der Waals surface area contributed by atoms with Crippen LogP contribution in [-0.4, -0.2) is 73.3 Å². The number of likely N-dealkylation sites (tertiary alicyclic amines) is 1. The Labute approximate surface area is 169 Å². The third-order valence-corrected chi connectivity index (χ3v) is 6.14. The fourth-order valence-corrected chi connectivity index (χ4v) is 4.40. The third-order valence-electron chi connectivity index (χ3n) is 6.14. The summed E-state index contributed by atoms with van der Waals surface area (Å²) < 4.78 is 7.28. The zero-order valence-electron chi connectivity index (χ0n) is 16.4. The molecule has 3 aromatic heterocycles. The molecule has 2 saturated heterocycles. The topological polar surface area (TPSA) is 88.7 Å². The number of aromatic nitrogens is 5. The van der Waals surface area contributed by atoms with Crippen LogP contribution in [0.3, 0.4) is 0 Å². The predicted octanol–water partition coefficient (Wildman–Crippen LogP) is 1.91. The van der Waals surface area contributed by atoms with Gasteiger partial charge in [-0.25, -0.2) is 0 Å². The van der Waals surface area contributed by atoms with Crippen molar-refractivity contribution in [2.45, 2.75) is 37.2 Å². The van der Waals surface area contributed by atoms with Gasteiger partial charge in [-0.2, -0.15) is 9.61 Å². The Bertz CT molecular complexity index is 962. The summed E-state index contributed by atoms with van der Waals surface area (Å²) in [7, 11) is 0. The molecule has 8 heteroatoms. The van der Waals surface area contributed by atoms with E-state index < -0.39 is 5.60 Å². The van der Waals surface area contributed by atoms with Crippen molar-refractivity contribution < 1.29 is 9.84 Å². The molecule has 2 aliphatic heterocycles. The van der Waals surface area contributed by atoms with Gasteiger partial charge < -0.3 is 14.7 Å². The Morgan fingerprint density at radius 1 is 1.10 bits per heavy atom. The monoisotopic (exact) mass is 394 g/mol. The molecule has 2 aliphatic rings. The van der Waals surface area contributed by atoms with Crippen LogP contribution in [0.2, 0.25) is 0 Å². The van der Waals surface area contributed by atoms with Crippen molar-refractivity contribution in [2.24, 2.45) is 0 Å². The Balaban J connectivity index is 1.30. The summed E-state index contributed by atoms with van der Waals surface area (Å²) in [5, 5.41) is 24.4. The maximum atomic E-state index is 10.8. The second kappa shape index (κ2) is 7.78. The van der Waals surface area contributed by atoms with Crippen molar-refractivity contribution in [1.29, 1.82) is 0 Å². The van der Waals surface area contributed by atoms with E-state index in [2.05, 4.69) is 20.1 Å². The van der Waals surface area contributed by atoms with E-state index in [-0.39, 0.29) is 0 Å². The number of rotatable bonds is 4. The van der Waals surface area contributed by atoms with E-state index in [0.717, 1.165) is 68.0 Å². The lowest BCUT2D eigenvalue weighted by atomic mass is 9.91. The first-order chi connectivity index (χ1) is 14.2. The van der Waals surface area contributed by atoms with E-state index in [4.69, 9.17) is 9.84 Å². The lowest BCUT2D eigenvalue weighted by Gasteiger charge is -2.39. The molecule has 0 saturated carbocycles. The number of nitrogens with zero attached hydrogens (tertiary/aromatic N) is 6. The van der Waals surface area contributed by atoms with Gasteiger partial charge >= 0.3 is 0 Å². The average molecular weight is 394 g/mol. The highest BCUT2D eigenvalue weighted by Crippen LogP contribution is 2.30. The highest BCUT2D eigenvalue weighted by Gasteiger charge is 2.34. The van der Waals surface area contributed by atoms with Crippen LogP contribution in [0, 0.1) is 0 Å². The SMILES string of the molecule is OC1(CN2CCC(c3nnc4ccc(-c5cccnc5)nn34)CC2)CCOCC1. The molecule has 152 valence electrons. The fraction of sp³-hybridized carbons (Fsp3) is 0.524. The molecule has 0 unspecified atom stereocenters. The number of hydrogen-bond donors (Lipinski definition) is 1. The lowest BCUT2D eigenvalue weighted by Crippen LogP contribution is -2.48. The number of β-amino-alcohol motifs (C(OH)–C–C–N with tert-alkyl or cyclic N) is 1. The maximum absolute atomic E-state index is 10.8. The number of fused-ring (bicyclic) bond motifs is 1.